The highest BCUT2D eigenvalue weighted by Crippen LogP contribution is 2.15. The number of carboxylic acids is 1. The number of aliphatic carboxylic acids is 1. The molecule has 4 heteroatoms. The van der Waals surface area contributed by atoms with E-state index in [4.69, 9.17) is 9.84 Å². The Hall–Kier alpha value is -1.32. The first-order valence-electron chi connectivity index (χ1n) is 11.6. The van der Waals surface area contributed by atoms with E-state index in [-0.39, 0.29) is 12.4 Å². The molecule has 0 rings (SSSR count). The van der Waals surface area contributed by atoms with E-state index in [9.17, 15) is 9.59 Å². The first-order chi connectivity index (χ1) is 13.6. The van der Waals surface area contributed by atoms with Gasteiger partial charge in [-0.1, -0.05) is 90.2 Å². The van der Waals surface area contributed by atoms with Gasteiger partial charge in [0.2, 0.25) is 0 Å². The minimum absolute atomic E-state index is 0.144. The van der Waals surface area contributed by atoms with E-state index in [1.54, 1.807) is 0 Å². The second-order valence-corrected chi connectivity index (χ2v) is 7.84. The molecule has 1 N–H and O–H groups in total. The van der Waals surface area contributed by atoms with Crippen molar-refractivity contribution in [2.45, 2.75) is 117 Å². The molecule has 0 aromatic carbocycles. The van der Waals surface area contributed by atoms with Crippen molar-refractivity contribution in [2.75, 3.05) is 6.61 Å². The molecular weight excluding hydrogens is 352 g/mol. The summed E-state index contributed by atoms with van der Waals surface area (Å²) in [5.41, 5.74) is 0. The van der Waals surface area contributed by atoms with Gasteiger partial charge in [0.15, 0.2) is 0 Å². The summed E-state index contributed by atoms with van der Waals surface area (Å²) < 4.78 is 5.10. The summed E-state index contributed by atoms with van der Waals surface area (Å²) in [5, 5.41) is 8.96. The van der Waals surface area contributed by atoms with Crippen molar-refractivity contribution in [3.63, 3.8) is 0 Å². The predicted octanol–water partition coefficient (Wildman–Crippen LogP) is 7.07. The molecule has 0 aliphatic carbocycles. The number of ether oxygens (including phenoxy) is 1. The summed E-state index contributed by atoms with van der Waals surface area (Å²) in [5.74, 6) is -1.85. The van der Waals surface area contributed by atoms with Gasteiger partial charge in [-0.2, -0.15) is 0 Å². The van der Waals surface area contributed by atoms with E-state index in [2.05, 4.69) is 19.1 Å². The summed E-state index contributed by atoms with van der Waals surface area (Å²) >= 11 is 0. The van der Waals surface area contributed by atoms with Gasteiger partial charge in [-0.05, 0) is 32.1 Å². The van der Waals surface area contributed by atoms with Crippen LogP contribution in [-0.4, -0.2) is 23.7 Å². The Morgan fingerprint density at radius 3 is 1.86 bits per heavy atom. The van der Waals surface area contributed by atoms with Gasteiger partial charge in [0.05, 0.1) is 18.9 Å². The van der Waals surface area contributed by atoms with Gasteiger partial charge in [-0.15, -0.1) is 0 Å². The van der Waals surface area contributed by atoms with E-state index in [0.717, 1.165) is 19.3 Å². The van der Waals surface area contributed by atoms with Crippen molar-refractivity contribution in [3.05, 3.63) is 12.2 Å². The topological polar surface area (TPSA) is 63.6 Å². The number of hydrogen-bond donors (Lipinski definition) is 1. The summed E-state index contributed by atoms with van der Waals surface area (Å²) in [6.45, 7) is 4.55. The van der Waals surface area contributed by atoms with Crippen molar-refractivity contribution >= 4 is 11.9 Å². The molecule has 0 aliphatic rings. The van der Waals surface area contributed by atoms with Crippen LogP contribution in [0.2, 0.25) is 0 Å². The summed E-state index contributed by atoms with van der Waals surface area (Å²) in [4.78, 5) is 22.8. The van der Waals surface area contributed by atoms with E-state index in [1.165, 1.54) is 70.6 Å². The number of carbonyl (C=O) groups excluding carboxylic acids is 1. The first-order valence-corrected chi connectivity index (χ1v) is 11.6. The molecule has 0 aromatic heterocycles. The van der Waals surface area contributed by atoms with E-state index in [1.807, 2.05) is 6.92 Å². The molecule has 0 aliphatic heterocycles. The second-order valence-electron chi connectivity index (χ2n) is 7.84. The molecule has 28 heavy (non-hydrogen) atoms. The van der Waals surface area contributed by atoms with Crippen LogP contribution >= 0.6 is 0 Å². The minimum atomic E-state index is -0.941. The van der Waals surface area contributed by atoms with Crippen LogP contribution < -0.4 is 0 Å². The van der Waals surface area contributed by atoms with Crippen LogP contribution in [0.4, 0.5) is 0 Å². The van der Waals surface area contributed by atoms with Crippen LogP contribution in [0.5, 0.6) is 0 Å². The molecule has 0 saturated heterocycles. The molecular formula is C24H44O4. The fraction of sp³-hybridized carbons (Fsp3) is 0.833. The van der Waals surface area contributed by atoms with E-state index >= 15 is 0 Å². The van der Waals surface area contributed by atoms with Gasteiger partial charge in [-0.3, -0.25) is 9.59 Å². The number of rotatable bonds is 20. The number of hydrogen-bond acceptors (Lipinski definition) is 3. The molecule has 4 nitrogen and oxygen atoms in total. The second kappa shape index (κ2) is 20.4. The summed E-state index contributed by atoms with van der Waals surface area (Å²) in [6, 6.07) is 0. The average Bonchev–Trinajstić information content (AvgIpc) is 2.67. The van der Waals surface area contributed by atoms with Crippen LogP contribution in [0.3, 0.4) is 0 Å². The predicted molar refractivity (Wildman–Crippen MR) is 116 cm³/mol. The van der Waals surface area contributed by atoms with Gasteiger partial charge in [0.25, 0.3) is 0 Å². The van der Waals surface area contributed by atoms with E-state index < -0.39 is 11.9 Å². The molecule has 0 aromatic rings. The summed E-state index contributed by atoms with van der Waals surface area (Å²) in [7, 11) is 0. The maximum Gasteiger partial charge on any atom is 0.309 e. The number of carbonyl (C=O) groups is 2. The maximum atomic E-state index is 11.9. The number of unbranched alkanes of at least 4 members (excludes halogenated alkanes) is 11. The molecule has 0 fully saturated rings. The third-order valence-electron chi connectivity index (χ3n) is 5.03. The first kappa shape index (κ1) is 26.7. The zero-order valence-corrected chi connectivity index (χ0v) is 18.4. The quantitative estimate of drug-likeness (QED) is 0.136. The zero-order valence-electron chi connectivity index (χ0n) is 18.4. The Labute approximate surface area is 173 Å². The Morgan fingerprint density at radius 1 is 0.786 bits per heavy atom. The average molecular weight is 397 g/mol. The van der Waals surface area contributed by atoms with Gasteiger partial charge in [-0.25, -0.2) is 0 Å². The highest BCUT2D eigenvalue weighted by atomic mass is 16.5. The summed E-state index contributed by atoms with van der Waals surface area (Å²) in [6.07, 6.45) is 22.1. The number of allylic oxidation sites excluding steroid dienone is 2. The van der Waals surface area contributed by atoms with E-state index in [0.29, 0.717) is 13.0 Å². The maximum absolute atomic E-state index is 11.9. The largest absolute Gasteiger partial charge is 0.481 e. The fourth-order valence-corrected chi connectivity index (χ4v) is 3.29. The monoisotopic (exact) mass is 396 g/mol. The molecule has 164 valence electrons. The van der Waals surface area contributed by atoms with Crippen LogP contribution in [-0.2, 0) is 14.3 Å². The SMILES string of the molecule is CCCCCCCCCCCCC/C=C/CCC(CC(=O)O)C(=O)OCCC. The van der Waals surface area contributed by atoms with Crippen molar-refractivity contribution in [1.82, 2.24) is 0 Å². The molecule has 0 heterocycles. The Morgan fingerprint density at radius 2 is 1.32 bits per heavy atom. The lowest BCUT2D eigenvalue weighted by molar-refractivity contribution is -0.153. The van der Waals surface area contributed by atoms with Crippen molar-refractivity contribution < 1.29 is 19.4 Å². The van der Waals surface area contributed by atoms with Crippen molar-refractivity contribution in [1.29, 1.82) is 0 Å². The highest BCUT2D eigenvalue weighted by Gasteiger charge is 2.22. The smallest absolute Gasteiger partial charge is 0.309 e. The molecule has 0 bridgehead atoms. The van der Waals surface area contributed by atoms with Crippen molar-refractivity contribution in [2.24, 2.45) is 5.92 Å². The molecule has 1 atom stereocenters. The normalized spacial score (nSPS) is 12.4. The third kappa shape index (κ3) is 18.1. The van der Waals surface area contributed by atoms with Crippen molar-refractivity contribution in [3.8, 4) is 0 Å². The molecule has 0 saturated carbocycles. The standard InChI is InChI=1S/C24H44O4/c1-3-5-6-7-8-9-10-11-12-13-14-15-16-17-18-19-22(21-23(25)26)24(27)28-20-4-2/h16-17,22H,3-15,18-21H2,1-2H3,(H,25,26)/b17-16+. The van der Waals surface area contributed by atoms with Crippen LogP contribution in [0.25, 0.3) is 0 Å². The van der Waals surface area contributed by atoms with Gasteiger partial charge in [0, 0.05) is 0 Å². The van der Waals surface area contributed by atoms with Crippen LogP contribution in [0.1, 0.15) is 117 Å². The Balaban J connectivity index is 3.63. The lowest BCUT2D eigenvalue weighted by Gasteiger charge is -2.12. The molecule has 0 spiro atoms. The Kier molecular flexibility index (Phi) is 19.5. The minimum Gasteiger partial charge on any atom is -0.481 e. The van der Waals surface area contributed by atoms with Crippen LogP contribution in [0, 0.1) is 5.92 Å². The fourth-order valence-electron chi connectivity index (χ4n) is 3.29. The van der Waals surface area contributed by atoms with Crippen LogP contribution in [0.15, 0.2) is 12.2 Å². The molecule has 0 radical (unpaired) electrons. The highest BCUT2D eigenvalue weighted by molar-refractivity contribution is 5.79. The van der Waals surface area contributed by atoms with Gasteiger partial charge >= 0.3 is 11.9 Å². The Bertz CT molecular complexity index is 403. The number of carboxylic acid groups (broad SMARTS) is 1. The van der Waals surface area contributed by atoms with Gasteiger partial charge < -0.3 is 9.84 Å². The lowest BCUT2D eigenvalue weighted by Crippen LogP contribution is -2.21. The lowest BCUT2D eigenvalue weighted by atomic mass is 9.99. The molecule has 1 unspecified atom stereocenters. The zero-order chi connectivity index (χ0) is 20.9. The third-order valence-corrected chi connectivity index (χ3v) is 5.03. The molecule has 0 amide bonds. The van der Waals surface area contributed by atoms with Gasteiger partial charge in [0.1, 0.15) is 0 Å². The number of esters is 1.